The molecule has 122 valence electrons. The molecule has 1 aromatic carbocycles. The molecule has 0 spiro atoms. The molecule has 1 aliphatic rings. The number of rotatable bonds is 5. The van der Waals surface area contributed by atoms with E-state index in [1.165, 1.54) is 0 Å². The molecule has 2 N–H and O–H groups in total. The molecule has 0 bridgehead atoms. The van der Waals surface area contributed by atoms with Gasteiger partial charge in [-0.05, 0) is 24.3 Å². The molecule has 2 atom stereocenters. The highest BCUT2D eigenvalue weighted by Crippen LogP contribution is 2.37. The number of hydrogen-bond donors (Lipinski definition) is 1. The highest BCUT2D eigenvalue weighted by atomic mass is 19.4. The third-order valence-electron chi connectivity index (χ3n) is 4.17. The molecule has 1 saturated carbocycles. The van der Waals surface area contributed by atoms with Crippen molar-refractivity contribution in [1.82, 2.24) is 0 Å². The average molecular weight is 315 g/mol. The summed E-state index contributed by atoms with van der Waals surface area (Å²) in [5, 5.41) is 0. The Morgan fingerprint density at radius 3 is 2.36 bits per heavy atom. The van der Waals surface area contributed by atoms with Crippen molar-refractivity contribution in [3.05, 3.63) is 35.9 Å². The van der Waals surface area contributed by atoms with Crippen LogP contribution in [0.25, 0.3) is 0 Å². The van der Waals surface area contributed by atoms with Gasteiger partial charge in [0.25, 0.3) is 0 Å². The van der Waals surface area contributed by atoms with Crippen molar-refractivity contribution in [3.63, 3.8) is 0 Å². The molecule has 6 heteroatoms. The van der Waals surface area contributed by atoms with Crippen LogP contribution in [0.15, 0.2) is 30.3 Å². The van der Waals surface area contributed by atoms with Gasteiger partial charge in [0.2, 0.25) is 0 Å². The molecule has 1 aromatic rings. The highest BCUT2D eigenvalue weighted by molar-refractivity contribution is 5.74. The Kier molecular flexibility index (Phi) is 5.45. The predicted octanol–water partition coefficient (Wildman–Crippen LogP) is 3.43. The van der Waals surface area contributed by atoms with Gasteiger partial charge in [-0.2, -0.15) is 13.2 Å². The van der Waals surface area contributed by atoms with E-state index in [1.54, 1.807) is 24.3 Å². The van der Waals surface area contributed by atoms with Crippen molar-refractivity contribution in [1.29, 1.82) is 0 Å². The standard InChI is InChI=1S/C16H20F3NO2/c17-16(18,19)14(20)13(12-8-4-5-9-12)15(21)22-10-11-6-2-1-3-7-11/h1-3,6-7,12-14H,4-5,8-10,20H2/t13-,14-/m0/s1. The monoisotopic (exact) mass is 315 g/mol. The van der Waals surface area contributed by atoms with Crippen LogP contribution in [-0.4, -0.2) is 18.2 Å². The zero-order chi connectivity index (χ0) is 16.2. The van der Waals surface area contributed by atoms with Crippen molar-refractivity contribution in [2.45, 2.75) is 44.5 Å². The zero-order valence-electron chi connectivity index (χ0n) is 12.2. The predicted molar refractivity (Wildman–Crippen MR) is 75.7 cm³/mol. The third kappa shape index (κ3) is 4.22. The second kappa shape index (κ2) is 7.13. The minimum atomic E-state index is -4.60. The van der Waals surface area contributed by atoms with E-state index in [-0.39, 0.29) is 12.5 Å². The van der Waals surface area contributed by atoms with Crippen LogP contribution in [0, 0.1) is 11.8 Å². The van der Waals surface area contributed by atoms with E-state index in [0.717, 1.165) is 18.4 Å². The zero-order valence-corrected chi connectivity index (χ0v) is 12.2. The molecule has 2 rings (SSSR count). The number of carbonyl (C=O) groups excluding carboxylic acids is 1. The van der Waals surface area contributed by atoms with E-state index in [9.17, 15) is 18.0 Å². The summed E-state index contributed by atoms with van der Waals surface area (Å²) >= 11 is 0. The molecule has 22 heavy (non-hydrogen) atoms. The van der Waals surface area contributed by atoms with Crippen LogP contribution < -0.4 is 5.73 Å². The molecule has 0 heterocycles. The van der Waals surface area contributed by atoms with Gasteiger partial charge in [0.05, 0.1) is 5.92 Å². The SMILES string of the molecule is N[C@@H]([C@@H](C(=O)OCc1ccccc1)C1CCCC1)C(F)(F)F. The van der Waals surface area contributed by atoms with Crippen LogP contribution in [0.2, 0.25) is 0 Å². The first-order chi connectivity index (χ1) is 10.4. The third-order valence-corrected chi connectivity index (χ3v) is 4.17. The van der Waals surface area contributed by atoms with Crippen LogP contribution in [0.4, 0.5) is 13.2 Å². The smallest absolute Gasteiger partial charge is 0.404 e. The van der Waals surface area contributed by atoms with Gasteiger partial charge in [-0.15, -0.1) is 0 Å². The van der Waals surface area contributed by atoms with Gasteiger partial charge < -0.3 is 10.5 Å². The van der Waals surface area contributed by atoms with Crippen molar-refractivity contribution >= 4 is 5.97 Å². The van der Waals surface area contributed by atoms with Crippen LogP contribution in [0.3, 0.4) is 0 Å². The Labute approximate surface area is 127 Å². The van der Waals surface area contributed by atoms with Gasteiger partial charge >= 0.3 is 12.1 Å². The van der Waals surface area contributed by atoms with E-state index >= 15 is 0 Å². The van der Waals surface area contributed by atoms with Gasteiger partial charge in [0.15, 0.2) is 0 Å². The van der Waals surface area contributed by atoms with Crippen LogP contribution in [-0.2, 0) is 16.1 Å². The van der Waals surface area contributed by atoms with E-state index in [4.69, 9.17) is 10.5 Å². The molecule has 0 unspecified atom stereocenters. The van der Waals surface area contributed by atoms with Gasteiger partial charge in [-0.3, -0.25) is 4.79 Å². The minimum absolute atomic E-state index is 0.0343. The molecule has 0 aliphatic heterocycles. The number of benzene rings is 1. The van der Waals surface area contributed by atoms with E-state index in [1.807, 2.05) is 6.07 Å². The van der Waals surface area contributed by atoms with Gasteiger partial charge in [-0.25, -0.2) is 0 Å². The topological polar surface area (TPSA) is 52.3 Å². The first kappa shape index (κ1) is 16.8. The fourth-order valence-corrected chi connectivity index (χ4v) is 2.98. The molecule has 0 radical (unpaired) electrons. The van der Waals surface area contributed by atoms with E-state index < -0.39 is 24.1 Å². The fourth-order valence-electron chi connectivity index (χ4n) is 2.98. The molecule has 1 aliphatic carbocycles. The lowest BCUT2D eigenvalue weighted by Crippen LogP contribution is -2.49. The maximum absolute atomic E-state index is 12.9. The maximum atomic E-state index is 12.9. The summed E-state index contributed by atoms with van der Waals surface area (Å²) in [5.41, 5.74) is 6.06. The lowest BCUT2D eigenvalue weighted by molar-refractivity contribution is -0.181. The summed E-state index contributed by atoms with van der Waals surface area (Å²) in [5.74, 6) is -2.51. The number of hydrogen-bond acceptors (Lipinski definition) is 3. The normalized spacial score (nSPS) is 18.9. The summed E-state index contributed by atoms with van der Waals surface area (Å²) in [4.78, 5) is 12.2. The Morgan fingerprint density at radius 1 is 1.23 bits per heavy atom. The lowest BCUT2D eigenvalue weighted by Gasteiger charge is -2.28. The first-order valence-corrected chi connectivity index (χ1v) is 7.42. The second-order valence-corrected chi connectivity index (χ2v) is 5.73. The average Bonchev–Trinajstić information content (AvgIpc) is 2.99. The molecule has 1 fully saturated rings. The Bertz CT molecular complexity index is 484. The number of carbonyl (C=O) groups is 1. The number of nitrogens with two attached hydrogens (primary N) is 1. The number of ether oxygens (including phenoxy) is 1. The molecule has 0 amide bonds. The molecule has 0 aromatic heterocycles. The fraction of sp³-hybridized carbons (Fsp3) is 0.562. The minimum Gasteiger partial charge on any atom is -0.461 e. The second-order valence-electron chi connectivity index (χ2n) is 5.73. The van der Waals surface area contributed by atoms with Crippen LogP contribution in [0.1, 0.15) is 31.2 Å². The van der Waals surface area contributed by atoms with Crippen LogP contribution in [0.5, 0.6) is 0 Å². The Balaban J connectivity index is 2.05. The molecule has 0 saturated heterocycles. The molecule has 3 nitrogen and oxygen atoms in total. The summed E-state index contributed by atoms with van der Waals surface area (Å²) in [6.07, 6.45) is -1.75. The van der Waals surface area contributed by atoms with Gasteiger partial charge in [0, 0.05) is 0 Å². The quantitative estimate of drug-likeness (QED) is 0.847. The highest BCUT2D eigenvalue weighted by Gasteiger charge is 2.49. The van der Waals surface area contributed by atoms with Gasteiger partial charge in [-0.1, -0.05) is 43.2 Å². The molecular formula is C16H20F3NO2. The first-order valence-electron chi connectivity index (χ1n) is 7.42. The van der Waals surface area contributed by atoms with Crippen molar-refractivity contribution < 1.29 is 22.7 Å². The lowest BCUT2D eigenvalue weighted by atomic mass is 9.84. The summed E-state index contributed by atoms with van der Waals surface area (Å²) in [6.45, 7) is -0.0343. The Morgan fingerprint density at radius 2 is 1.82 bits per heavy atom. The molecular weight excluding hydrogens is 295 g/mol. The van der Waals surface area contributed by atoms with Gasteiger partial charge in [0.1, 0.15) is 12.6 Å². The Hall–Kier alpha value is -1.56. The summed E-state index contributed by atoms with van der Waals surface area (Å²) < 4.78 is 43.9. The summed E-state index contributed by atoms with van der Waals surface area (Å²) in [7, 11) is 0. The largest absolute Gasteiger partial charge is 0.461 e. The van der Waals surface area contributed by atoms with E-state index in [0.29, 0.717) is 12.8 Å². The van der Waals surface area contributed by atoms with Crippen molar-refractivity contribution in [3.8, 4) is 0 Å². The number of halogens is 3. The van der Waals surface area contributed by atoms with Crippen LogP contribution >= 0.6 is 0 Å². The van der Waals surface area contributed by atoms with E-state index in [2.05, 4.69) is 0 Å². The van der Waals surface area contributed by atoms with Crippen molar-refractivity contribution in [2.75, 3.05) is 0 Å². The summed E-state index contributed by atoms with van der Waals surface area (Å²) in [6, 6.07) is 6.70. The number of alkyl halides is 3. The van der Waals surface area contributed by atoms with Crippen molar-refractivity contribution in [2.24, 2.45) is 17.6 Å². The number of esters is 1. The maximum Gasteiger partial charge on any atom is 0.404 e.